The molecule has 226 valence electrons. The van der Waals surface area contributed by atoms with Gasteiger partial charge in [-0.05, 0) is 74.7 Å². The second-order valence-electron chi connectivity index (χ2n) is 14.9. The van der Waals surface area contributed by atoms with Crippen molar-refractivity contribution in [2.75, 3.05) is 13.6 Å². The van der Waals surface area contributed by atoms with Crippen molar-refractivity contribution in [1.82, 2.24) is 14.5 Å². The zero-order valence-electron chi connectivity index (χ0n) is 26.0. The number of aryl methyl sites for hydroxylation is 1. The molecular weight excluding hydrogens is 514 g/mol. The van der Waals surface area contributed by atoms with Gasteiger partial charge in [0.2, 0.25) is 0 Å². The number of carbonyl (C=O) groups is 2. The van der Waals surface area contributed by atoms with Gasteiger partial charge in [0, 0.05) is 31.7 Å². The predicted octanol–water partition coefficient (Wildman–Crippen LogP) is 5.74. The van der Waals surface area contributed by atoms with Gasteiger partial charge in [0.1, 0.15) is 11.7 Å². The highest BCUT2D eigenvalue weighted by Gasteiger charge is 2.86. The van der Waals surface area contributed by atoms with E-state index in [0.29, 0.717) is 24.2 Å². The lowest BCUT2D eigenvalue weighted by atomic mass is 9.41. The summed E-state index contributed by atoms with van der Waals surface area (Å²) in [6, 6.07) is 0. The van der Waals surface area contributed by atoms with Crippen molar-refractivity contribution in [3.63, 3.8) is 0 Å². The number of rotatable bonds is 11. The molecule has 4 aliphatic carbocycles. The number of ether oxygens (including phenoxy) is 1. The lowest BCUT2D eigenvalue weighted by Crippen LogP contribution is -2.65. The fraction of sp³-hybridized carbons (Fsp3) is 0.794. The maximum absolute atomic E-state index is 14.0. The molecule has 3 saturated carbocycles. The van der Waals surface area contributed by atoms with E-state index in [9.17, 15) is 14.7 Å². The molecule has 0 amide bonds. The van der Waals surface area contributed by atoms with Crippen LogP contribution in [0.4, 0.5) is 0 Å². The fourth-order valence-corrected chi connectivity index (χ4v) is 11.1. The number of aromatic nitrogens is 2. The second kappa shape index (κ2) is 10.3. The van der Waals surface area contributed by atoms with E-state index in [1.165, 1.54) is 0 Å². The highest BCUT2D eigenvalue weighted by molar-refractivity contribution is 5.90. The molecule has 1 aromatic heterocycles. The van der Waals surface area contributed by atoms with Crippen LogP contribution in [0.5, 0.6) is 0 Å². The van der Waals surface area contributed by atoms with Crippen LogP contribution in [0.25, 0.3) is 0 Å². The number of hydrogen-bond acceptors (Lipinski definition) is 5. The monoisotopic (exact) mass is 565 g/mol. The zero-order valence-corrected chi connectivity index (χ0v) is 26.0. The molecule has 1 aromatic rings. The molecule has 5 aliphatic rings. The number of nitrogens with zero attached hydrogens (tertiary/aromatic N) is 3. The Morgan fingerprint density at radius 2 is 2.10 bits per heavy atom. The molecule has 6 rings (SSSR count). The van der Waals surface area contributed by atoms with Crippen LogP contribution in [0.2, 0.25) is 0 Å². The van der Waals surface area contributed by atoms with Crippen molar-refractivity contribution in [2.45, 2.75) is 97.8 Å². The third-order valence-electron chi connectivity index (χ3n) is 12.6. The lowest BCUT2D eigenvalue weighted by molar-refractivity contribution is -0.197. The normalized spacial score (nSPS) is 42.7. The zero-order chi connectivity index (χ0) is 29.3. The molecule has 7 heteroatoms. The molecule has 7 unspecified atom stereocenters. The first-order chi connectivity index (χ1) is 19.5. The number of likely N-dealkylation sites (N-methyl/N-ethyl adjacent to an activating group) is 1. The van der Waals surface area contributed by atoms with Gasteiger partial charge in [-0.3, -0.25) is 9.69 Å². The Morgan fingerprint density at radius 1 is 1.32 bits per heavy atom. The number of imidazole rings is 1. The number of unbranched alkanes of at least 4 members (excludes halogenated alkanes) is 1. The Bertz CT molecular complexity index is 1210. The number of carbonyl (C=O) groups excluding carboxylic acids is 1. The van der Waals surface area contributed by atoms with Crippen LogP contribution in [0, 0.1) is 51.8 Å². The molecular formula is C34H51N3O4. The number of aliphatic carboxylic acids is 1. The SMILES string of the molecule is CCCCC1CC(C23C[C@@H]4[C@H](C)CC[C@H]4C4(C=O)CC2C=C(C(C)C)C34C(=O)O)OC1CN(C)Cc1cn(C)cn1. The number of fused-ring (bicyclic) bond motifs is 2. The van der Waals surface area contributed by atoms with Crippen LogP contribution in [0.15, 0.2) is 24.2 Å². The third-order valence-corrected chi connectivity index (χ3v) is 12.6. The van der Waals surface area contributed by atoms with E-state index < -0.39 is 22.2 Å². The summed E-state index contributed by atoms with van der Waals surface area (Å²) in [5, 5.41) is 11.4. The molecule has 1 aliphatic heterocycles. The summed E-state index contributed by atoms with van der Waals surface area (Å²) in [5.41, 5.74) is -0.502. The smallest absolute Gasteiger partial charge is 0.315 e. The Hall–Kier alpha value is -1.99. The molecule has 1 saturated heterocycles. The van der Waals surface area contributed by atoms with Gasteiger partial charge in [-0.1, -0.05) is 58.6 Å². The van der Waals surface area contributed by atoms with Crippen molar-refractivity contribution < 1.29 is 19.4 Å². The average molecular weight is 566 g/mol. The van der Waals surface area contributed by atoms with Gasteiger partial charge in [0.25, 0.3) is 0 Å². The van der Waals surface area contributed by atoms with E-state index in [4.69, 9.17) is 4.74 Å². The fourth-order valence-electron chi connectivity index (χ4n) is 11.1. The van der Waals surface area contributed by atoms with Gasteiger partial charge in [0.05, 0.1) is 29.6 Å². The minimum Gasteiger partial charge on any atom is -0.481 e. The molecule has 7 nitrogen and oxygen atoms in total. The number of allylic oxidation sites excluding steroid dienone is 1. The molecule has 4 bridgehead atoms. The molecule has 2 heterocycles. The summed E-state index contributed by atoms with van der Waals surface area (Å²) in [6.07, 6.45) is 15.2. The Labute approximate surface area is 246 Å². The topological polar surface area (TPSA) is 84.7 Å². The van der Waals surface area contributed by atoms with E-state index in [1.54, 1.807) is 0 Å². The van der Waals surface area contributed by atoms with E-state index in [1.807, 2.05) is 17.9 Å². The first-order valence-corrected chi connectivity index (χ1v) is 16.3. The number of carboxylic acids is 1. The van der Waals surface area contributed by atoms with E-state index in [2.05, 4.69) is 56.9 Å². The van der Waals surface area contributed by atoms with Crippen molar-refractivity contribution in [3.05, 3.63) is 29.9 Å². The van der Waals surface area contributed by atoms with Crippen molar-refractivity contribution in [3.8, 4) is 0 Å². The van der Waals surface area contributed by atoms with Crippen LogP contribution >= 0.6 is 0 Å². The first-order valence-electron chi connectivity index (χ1n) is 16.3. The Balaban J connectivity index is 1.40. The predicted molar refractivity (Wildman–Crippen MR) is 158 cm³/mol. The van der Waals surface area contributed by atoms with Crippen LogP contribution in [-0.4, -0.2) is 57.6 Å². The second-order valence-corrected chi connectivity index (χ2v) is 14.9. The molecule has 4 fully saturated rings. The highest BCUT2D eigenvalue weighted by Crippen LogP contribution is 2.84. The summed E-state index contributed by atoms with van der Waals surface area (Å²) < 4.78 is 9.20. The minimum atomic E-state index is -1.17. The summed E-state index contributed by atoms with van der Waals surface area (Å²) in [6.45, 7) is 10.4. The minimum absolute atomic E-state index is 0.0485. The Kier molecular flexibility index (Phi) is 7.33. The van der Waals surface area contributed by atoms with Gasteiger partial charge in [-0.2, -0.15) is 0 Å². The first kappa shape index (κ1) is 29.1. The maximum Gasteiger partial charge on any atom is 0.315 e. The molecule has 10 atom stereocenters. The third kappa shape index (κ3) is 3.86. The number of hydrogen-bond donors (Lipinski definition) is 1. The average Bonchev–Trinajstić information content (AvgIpc) is 3.71. The quantitative estimate of drug-likeness (QED) is 0.272. The molecule has 0 aromatic carbocycles. The summed E-state index contributed by atoms with van der Waals surface area (Å²) in [7, 11) is 4.13. The molecule has 1 N–H and O–H groups in total. The highest BCUT2D eigenvalue weighted by atomic mass is 16.5. The molecule has 0 spiro atoms. The largest absolute Gasteiger partial charge is 0.481 e. The summed E-state index contributed by atoms with van der Waals surface area (Å²) in [5.74, 6) is 0.849. The van der Waals surface area contributed by atoms with Crippen molar-refractivity contribution in [1.29, 1.82) is 0 Å². The van der Waals surface area contributed by atoms with Gasteiger partial charge in [0.15, 0.2) is 0 Å². The lowest BCUT2D eigenvalue weighted by Gasteiger charge is -2.60. The van der Waals surface area contributed by atoms with E-state index >= 15 is 0 Å². The molecule has 0 radical (unpaired) electrons. The van der Waals surface area contributed by atoms with Crippen LogP contribution < -0.4 is 0 Å². The summed E-state index contributed by atoms with van der Waals surface area (Å²) in [4.78, 5) is 34.3. The van der Waals surface area contributed by atoms with E-state index in [-0.39, 0.29) is 30.0 Å². The maximum atomic E-state index is 14.0. The van der Waals surface area contributed by atoms with Gasteiger partial charge in [-0.25, -0.2) is 4.98 Å². The van der Waals surface area contributed by atoms with Crippen molar-refractivity contribution >= 4 is 12.3 Å². The van der Waals surface area contributed by atoms with Gasteiger partial charge in [-0.15, -0.1) is 0 Å². The summed E-state index contributed by atoms with van der Waals surface area (Å²) >= 11 is 0. The number of carboxylic acid groups (broad SMARTS) is 1. The van der Waals surface area contributed by atoms with Gasteiger partial charge < -0.3 is 19.2 Å². The Morgan fingerprint density at radius 3 is 2.73 bits per heavy atom. The standard InChI is InChI=1S/C34H51N3O4/c1-7-8-9-23-12-30(41-29(23)18-36(5)16-25-17-37(6)20-35-25)33-15-26-22(4)10-11-27(26)32(19-38)14-24(33)13-28(21(2)3)34(32,33)31(39)40/h13,17,19-24,26-27,29-30H,7-12,14-16,18H2,1-6H3,(H,39,40)/t22-,23?,24?,26-,27-,29?,30?,32?,33?,34?/m1/s1. The van der Waals surface area contributed by atoms with Gasteiger partial charge >= 0.3 is 5.97 Å². The van der Waals surface area contributed by atoms with E-state index in [0.717, 1.165) is 75.6 Å². The van der Waals surface area contributed by atoms with Crippen LogP contribution in [-0.2, 0) is 27.9 Å². The van der Waals surface area contributed by atoms with Crippen LogP contribution in [0.1, 0.15) is 84.8 Å². The molecule has 41 heavy (non-hydrogen) atoms. The van der Waals surface area contributed by atoms with Crippen LogP contribution in [0.3, 0.4) is 0 Å². The van der Waals surface area contributed by atoms with Crippen molar-refractivity contribution in [2.24, 2.45) is 58.8 Å². The number of aldehydes is 1.